The molecule has 6 aromatic carbocycles. The number of para-hydroxylation sites is 4. The molecule has 1 aromatic heterocycles. The predicted molar refractivity (Wildman–Crippen MR) is 185 cm³/mol. The fourth-order valence-corrected chi connectivity index (χ4v) is 8.26. The van der Waals surface area contributed by atoms with Gasteiger partial charge in [0.2, 0.25) is 0 Å². The maximum absolute atomic E-state index is 2.54. The van der Waals surface area contributed by atoms with Crippen LogP contribution in [0.15, 0.2) is 133 Å². The quantitative estimate of drug-likeness (QED) is 0.206. The largest absolute Gasteiger partial charge is 0.310 e. The number of nitrogens with zero attached hydrogens (tertiary/aromatic N) is 2. The first-order valence-electron chi connectivity index (χ1n) is 15.6. The summed E-state index contributed by atoms with van der Waals surface area (Å²) in [5.74, 6) is 0. The van der Waals surface area contributed by atoms with Crippen molar-refractivity contribution in [2.24, 2.45) is 0 Å². The van der Waals surface area contributed by atoms with E-state index < -0.39 is 0 Å². The lowest BCUT2D eigenvalue weighted by atomic mass is 9.72. The number of fused-ring (bicyclic) bond motifs is 9. The molecular formula is C42H34N2. The number of aromatic nitrogens is 1. The third kappa shape index (κ3) is 3.20. The first kappa shape index (κ1) is 25.4. The van der Waals surface area contributed by atoms with Crippen molar-refractivity contribution in [1.29, 1.82) is 0 Å². The van der Waals surface area contributed by atoms with Crippen molar-refractivity contribution in [2.45, 2.75) is 38.5 Å². The fourth-order valence-electron chi connectivity index (χ4n) is 8.26. The van der Waals surface area contributed by atoms with Gasteiger partial charge in [-0.3, -0.25) is 0 Å². The van der Waals surface area contributed by atoms with Crippen LogP contribution in [0.5, 0.6) is 0 Å². The van der Waals surface area contributed by atoms with Crippen LogP contribution in [0.25, 0.3) is 38.6 Å². The summed E-state index contributed by atoms with van der Waals surface area (Å²) in [6.45, 7) is 9.64. The SMILES string of the molecule is CC1(C)c2cc(N(c3ccccc3)c3ccccc3)ccc2-c2cc3c4c(c21)c1ccccc1n4-c1ccccc1C3(C)C. The van der Waals surface area contributed by atoms with Crippen LogP contribution < -0.4 is 4.90 Å². The summed E-state index contributed by atoms with van der Waals surface area (Å²) in [5, 5.41) is 2.74. The van der Waals surface area contributed by atoms with Gasteiger partial charge in [-0.15, -0.1) is 0 Å². The van der Waals surface area contributed by atoms with Crippen LogP contribution in [0.1, 0.15) is 49.9 Å². The Labute approximate surface area is 258 Å². The van der Waals surface area contributed by atoms with Crippen molar-refractivity contribution in [3.63, 3.8) is 0 Å². The van der Waals surface area contributed by atoms with E-state index in [1.165, 1.54) is 66.6 Å². The lowest BCUT2D eigenvalue weighted by Crippen LogP contribution is -2.27. The highest BCUT2D eigenvalue weighted by atomic mass is 15.1. The van der Waals surface area contributed by atoms with Gasteiger partial charge in [0, 0.05) is 38.7 Å². The molecule has 44 heavy (non-hydrogen) atoms. The van der Waals surface area contributed by atoms with Gasteiger partial charge in [-0.25, -0.2) is 0 Å². The molecule has 0 spiro atoms. The Morgan fingerprint density at radius 2 is 1.14 bits per heavy atom. The van der Waals surface area contributed by atoms with Gasteiger partial charge in [-0.2, -0.15) is 0 Å². The van der Waals surface area contributed by atoms with E-state index in [0.717, 1.165) is 11.4 Å². The third-order valence-corrected chi connectivity index (χ3v) is 10.3. The minimum atomic E-state index is -0.186. The standard InChI is InChI=1S/C42H34N2/c1-41(2)33-20-12-14-22-37(33)44-36-21-13-11-19-31(36)38-39-32(26-35(41)40(38)44)30-24-23-29(25-34(30)42(39,3)4)43(27-15-7-5-8-16-27)28-17-9-6-10-18-28/h5-26H,1-4H3. The van der Waals surface area contributed by atoms with Gasteiger partial charge in [0.1, 0.15) is 0 Å². The van der Waals surface area contributed by atoms with Crippen molar-refractivity contribution in [3.8, 4) is 16.8 Å². The monoisotopic (exact) mass is 566 g/mol. The molecule has 0 N–H and O–H groups in total. The van der Waals surface area contributed by atoms with Crippen molar-refractivity contribution in [2.75, 3.05) is 4.90 Å². The molecule has 1 aliphatic carbocycles. The topological polar surface area (TPSA) is 8.17 Å². The fraction of sp³-hybridized carbons (Fsp3) is 0.143. The Bertz CT molecular complexity index is 2230. The zero-order valence-corrected chi connectivity index (χ0v) is 25.6. The highest BCUT2D eigenvalue weighted by Gasteiger charge is 2.43. The molecule has 212 valence electrons. The molecule has 0 radical (unpaired) electrons. The van der Waals surface area contributed by atoms with Crippen LogP contribution in [0.4, 0.5) is 17.1 Å². The van der Waals surface area contributed by atoms with E-state index in [1.54, 1.807) is 0 Å². The summed E-state index contributed by atoms with van der Waals surface area (Å²) in [4.78, 5) is 2.38. The number of hydrogen-bond donors (Lipinski definition) is 0. The van der Waals surface area contributed by atoms with Crippen LogP contribution in [0.3, 0.4) is 0 Å². The summed E-state index contributed by atoms with van der Waals surface area (Å²) in [6.07, 6.45) is 0. The summed E-state index contributed by atoms with van der Waals surface area (Å²) in [6, 6.07) is 49.1. The smallest absolute Gasteiger partial charge is 0.0585 e. The second-order valence-electron chi connectivity index (χ2n) is 13.4. The van der Waals surface area contributed by atoms with Gasteiger partial charge in [0.25, 0.3) is 0 Å². The van der Waals surface area contributed by atoms with Gasteiger partial charge < -0.3 is 9.47 Å². The Hall–Kier alpha value is -5.08. The Morgan fingerprint density at radius 1 is 0.500 bits per heavy atom. The maximum Gasteiger partial charge on any atom is 0.0585 e. The molecule has 9 rings (SSSR count). The summed E-state index contributed by atoms with van der Waals surface area (Å²) >= 11 is 0. The molecule has 7 aromatic rings. The lowest BCUT2D eigenvalue weighted by Gasteiger charge is -2.35. The van der Waals surface area contributed by atoms with E-state index >= 15 is 0 Å². The van der Waals surface area contributed by atoms with Crippen molar-refractivity contribution in [1.82, 2.24) is 4.57 Å². The average molecular weight is 567 g/mol. The van der Waals surface area contributed by atoms with Crippen LogP contribution in [0.2, 0.25) is 0 Å². The highest BCUT2D eigenvalue weighted by molar-refractivity contribution is 6.16. The summed E-state index contributed by atoms with van der Waals surface area (Å²) in [5.41, 5.74) is 15.5. The summed E-state index contributed by atoms with van der Waals surface area (Å²) < 4.78 is 2.54. The van der Waals surface area contributed by atoms with E-state index in [9.17, 15) is 0 Å². The van der Waals surface area contributed by atoms with Crippen LogP contribution in [0, 0.1) is 0 Å². The van der Waals surface area contributed by atoms with Gasteiger partial charge >= 0.3 is 0 Å². The molecule has 0 amide bonds. The molecule has 2 heteroatoms. The minimum Gasteiger partial charge on any atom is -0.310 e. The normalized spacial score (nSPS) is 15.2. The average Bonchev–Trinajstić information content (AvgIpc) is 3.50. The second-order valence-corrected chi connectivity index (χ2v) is 13.4. The predicted octanol–water partition coefficient (Wildman–Crippen LogP) is 11.2. The lowest BCUT2D eigenvalue weighted by molar-refractivity contribution is 0.628. The van der Waals surface area contributed by atoms with Gasteiger partial charge in [0.05, 0.1) is 16.7 Å². The second kappa shape index (κ2) is 8.74. The first-order chi connectivity index (χ1) is 21.4. The van der Waals surface area contributed by atoms with Gasteiger partial charge in [-0.05, 0) is 88.0 Å². The Morgan fingerprint density at radius 3 is 1.86 bits per heavy atom. The number of hydrogen-bond acceptors (Lipinski definition) is 1. The molecule has 0 saturated carbocycles. The highest BCUT2D eigenvalue weighted by Crippen LogP contribution is 2.58. The van der Waals surface area contributed by atoms with Gasteiger partial charge in [0.15, 0.2) is 0 Å². The van der Waals surface area contributed by atoms with E-state index in [2.05, 4.69) is 171 Å². The number of rotatable bonds is 3. The van der Waals surface area contributed by atoms with Crippen LogP contribution in [-0.2, 0) is 10.8 Å². The molecule has 0 fully saturated rings. The van der Waals surface area contributed by atoms with Crippen molar-refractivity contribution in [3.05, 3.63) is 156 Å². The zero-order chi connectivity index (χ0) is 29.8. The zero-order valence-electron chi connectivity index (χ0n) is 25.6. The Kier molecular flexibility index (Phi) is 5.05. The van der Waals surface area contributed by atoms with Crippen molar-refractivity contribution < 1.29 is 0 Å². The molecule has 2 aliphatic rings. The molecule has 2 heterocycles. The molecule has 0 unspecified atom stereocenters. The van der Waals surface area contributed by atoms with Crippen molar-refractivity contribution >= 4 is 38.9 Å². The summed E-state index contributed by atoms with van der Waals surface area (Å²) in [7, 11) is 0. The number of benzene rings is 6. The maximum atomic E-state index is 2.54. The molecular weight excluding hydrogens is 532 g/mol. The van der Waals surface area contributed by atoms with E-state index in [4.69, 9.17) is 0 Å². The number of anilines is 3. The van der Waals surface area contributed by atoms with E-state index in [-0.39, 0.29) is 10.8 Å². The molecule has 2 nitrogen and oxygen atoms in total. The molecule has 0 atom stereocenters. The van der Waals surface area contributed by atoms with Crippen LogP contribution >= 0.6 is 0 Å². The third-order valence-electron chi connectivity index (χ3n) is 10.3. The van der Waals surface area contributed by atoms with E-state index in [0.29, 0.717) is 0 Å². The van der Waals surface area contributed by atoms with E-state index in [1.807, 2.05) is 0 Å². The molecule has 1 aliphatic heterocycles. The van der Waals surface area contributed by atoms with Crippen LogP contribution in [-0.4, -0.2) is 4.57 Å². The minimum absolute atomic E-state index is 0.126. The first-order valence-corrected chi connectivity index (χ1v) is 15.6. The Balaban J connectivity index is 1.35. The molecule has 0 bridgehead atoms. The molecule has 0 saturated heterocycles. The van der Waals surface area contributed by atoms with Gasteiger partial charge in [-0.1, -0.05) is 107 Å².